The fraction of sp³-hybridized carbons (Fsp3) is 0.0256. The Morgan fingerprint density at radius 3 is 1.45 bits per heavy atom. The third-order valence-corrected chi connectivity index (χ3v) is 8.35. The number of halogens is 3. The summed E-state index contributed by atoms with van der Waals surface area (Å²) < 4.78 is 4.99. The van der Waals surface area contributed by atoms with E-state index >= 15 is 0 Å². The minimum Gasteiger partial charge on any atom is -0.423 e. The predicted octanol–water partition coefficient (Wildman–Crippen LogP) is 9.79. The molecular weight excluding hydrogens is 718 g/mol. The number of aromatic nitrogens is 4. The van der Waals surface area contributed by atoms with Crippen LogP contribution in [0.15, 0.2) is 162 Å². The van der Waals surface area contributed by atoms with E-state index in [0.29, 0.717) is 15.5 Å². The van der Waals surface area contributed by atoms with E-state index in [1.54, 1.807) is 24.3 Å². The van der Waals surface area contributed by atoms with Crippen LogP contribution in [-0.2, 0) is 0 Å². The topological polar surface area (TPSA) is 76.1 Å². The first-order valence-electron chi connectivity index (χ1n) is 15.0. The van der Waals surface area contributed by atoms with Gasteiger partial charge in [-0.1, -0.05) is 128 Å². The van der Waals surface area contributed by atoms with E-state index in [2.05, 4.69) is 49.7 Å². The summed E-state index contributed by atoms with van der Waals surface area (Å²) in [6.45, 7) is 0. The van der Waals surface area contributed by atoms with E-state index in [1.807, 2.05) is 114 Å². The summed E-state index contributed by atoms with van der Waals surface area (Å²) in [5.41, 5.74) is 7.64. The van der Waals surface area contributed by atoms with E-state index in [-0.39, 0.29) is 7.43 Å². The van der Waals surface area contributed by atoms with Gasteiger partial charge in [0.25, 0.3) is 0 Å². The normalized spacial score (nSPS) is 10.4. The fourth-order valence-electron chi connectivity index (χ4n) is 5.14. The van der Waals surface area contributed by atoms with Gasteiger partial charge in [0, 0.05) is 27.0 Å². The van der Waals surface area contributed by atoms with Crippen LogP contribution in [0.4, 0.5) is 0 Å². The van der Waals surface area contributed by atoms with Crippen LogP contribution in [0, 0.1) is 0 Å². The maximum absolute atomic E-state index is 8.58. The van der Waals surface area contributed by atoms with Crippen molar-refractivity contribution in [2.45, 2.75) is 7.43 Å². The molecule has 2 N–H and O–H groups in total. The molecule has 0 saturated heterocycles. The summed E-state index contributed by atoms with van der Waals surface area (Å²) in [5, 5.41) is 18.6. The molecule has 8 aromatic rings. The number of hydrogen-bond donors (Lipinski definition) is 2. The molecular formula is C39H32BBrCl2N4O2. The Hall–Kier alpha value is -4.70. The molecule has 0 aliphatic heterocycles. The smallest absolute Gasteiger partial charge is 0.423 e. The van der Waals surface area contributed by atoms with E-state index in [4.69, 9.17) is 38.2 Å². The van der Waals surface area contributed by atoms with Crippen LogP contribution in [0.3, 0.4) is 0 Å². The molecule has 2 heterocycles. The highest BCUT2D eigenvalue weighted by Crippen LogP contribution is 2.30. The molecule has 6 aromatic carbocycles. The fourth-order valence-corrected chi connectivity index (χ4v) is 6.06. The maximum atomic E-state index is 8.58. The molecule has 10 heteroatoms. The maximum Gasteiger partial charge on any atom is 0.488 e. The lowest BCUT2D eigenvalue weighted by Crippen LogP contribution is -2.29. The Balaban J connectivity index is 0.000000154. The first kappa shape index (κ1) is 35.6. The highest BCUT2D eigenvalue weighted by atomic mass is 79.9. The van der Waals surface area contributed by atoms with Gasteiger partial charge in [0.2, 0.25) is 0 Å². The monoisotopic (exact) mass is 748 g/mol. The van der Waals surface area contributed by atoms with Gasteiger partial charge in [-0.2, -0.15) is 0 Å². The molecule has 0 aliphatic carbocycles. The molecule has 0 amide bonds. The third kappa shape index (κ3) is 8.49. The number of rotatable bonds is 4. The van der Waals surface area contributed by atoms with Gasteiger partial charge in [-0.05, 0) is 82.1 Å². The zero-order valence-electron chi connectivity index (χ0n) is 25.4. The second-order valence-electron chi connectivity index (χ2n) is 10.6. The number of nitrogens with zero attached hydrogens (tertiary/aromatic N) is 4. The standard InChI is InChI=1S/C19H13ClN2.C13H8BrClN2.C6H7BO2.CH4/c20-15-11-12-18-17(13-15)21-19(14-7-3-1-4-8-14)22(18)16-9-5-2-6-10-16;14-13-16-11-8-9(15)6-7-12(11)17(13)10-4-2-1-3-5-10;8-7(9)6-4-2-1-3-5-6;/h1-13H;1-8H;1-5,8-9H;1H4. The highest BCUT2D eigenvalue weighted by Gasteiger charge is 2.14. The average Bonchev–Trinajstić information content (AvgIpc) is 3.66. The van der Waals surface area contributed by atoms with E-state index in [0.717, 1.165) is 49.6 Å². The first-order valence-corrected chi connectivity index (χ1v) is 16.5. The summed E-state index contributed by atoms with van der Waals surface area (Å²) in [4.78, 5) is 9.24. The molecule has 6 nitrogen and oxygen atoms in total. The molecule has 244 valence electrons. The lowest BCUT2D eigenvalue weighted by atomic mass is 9.81. The van der Waals surface area contributed by atoms with Gasteiger partial charge in [0.1, 0.15) is 5.82 Å². The number of benzene rings is 6. The third-order valence-electron chi connectivity index (χ3n) is 7.35. The second kappa shape index (κ2) is 16.6. The lowest BCUT2D eigenvalue weighted by Gasteiger charge is -2.09. The number of imidazole rings is 2. The van der Waals surface area contributed by atoms with Crippen molar-refractivity contribution in [3.8, 4) is 22.8 Å². The Morgan fingerprint density at radius 2 is 0.959 bits per heavy atom. The molecule has 0 spiro atoms. The largest absolute Gasteiger partial charge is 0.488 e. The van der Waals surface area contributed by atoms with Crippen molar-refractivity contribution in [2.75, 3.05) is 0 Å². The predicted molar refractivity (Wildman–Crippen MR) is 208 cm³/mol. The van der Waals surface area contributed by atoms with Gasteiger partial charge in [-0.15, -0.1) is 0 Å². The Bertz CT molecular complexity index is 2250. The molecule has 0 radical (unpaired) electrons. The Labute approximate surface area is 304 Å². The molecule has 0 unspecified atom stereocenters. The van der Waals surface area contributed by atoms with Crippen LogP contribution in [0.2, 0.25) is 10.0 Å². The molecule has 0 fully saturated rings. The molecule has 2 aromatic heterocycles. The lowest BCUT2D eigenvalue weighted by molar-refractivity contribution is 0.426. The quantitative estimate of drug-likeness (QED) is 0.176. The van der Waals surface area contributed by atoms with Gasteiger partial charge in [0.05, 0.1) is 22.1 Å². The van der Waals surface area contributed by atoms with Crippen LogP contribution in [0.5, 0.6) is 0 Å². The van der Waals surface area contributed by atoms with Gasteiger partial charge < -0.3 is 10.0 Å². The van der Waals surface area contributed by atoms with Crippen LogP contribution >= 0.6 is 39.1 Å². The molecule has 0 saturated carbocycles. The first-order chi connectivity index (χ1) is 23.4. The van der Waals surface area contributed by atoms with Crippen molar-refractivity contribution in [1.82, 2.24) is 19.1 Å². The summed E-state index contributed by atoms with van der Waals surface area (Å²) >= 11 is 15.6. The minimum absolute atomic E-state index is 0. The van der Waals surface area contributed by atoms with Crippen LogP contribution in [-0.4, -0.2) is 36.3 Å². The summed E-state index contributed by atoms with van der Waals surface area (Å²) in [6.07, 6.45) is 0. The Morgan fingerprint density at radius 1 is 0.531 bits per heavy atom. The molecule has 8 rings (SSSR count). The van der Waals surface area contributed by atoms with Crippen molar-refractivity contribution < 1.29 is 10.0 Å². The second-order valence-corrected chi connectivity index (χ2v) is 12.2. The number of fused-ring (bicyclic) bond motifs is 2. The van der Waals surface area contributed by atoms with Crippen molar-refractivity contribution >= 4 is 73.8 Å². The van der Waals surface area contributed by atoms with Crippen LogP contribution < -0.4 is 5.46 Å². The van der Waals surface area contributed by atoms with Gasteiger partial charge in [-0.3, -0.25) is 9.13 Å². The van der Waals surface area contributed by atoms with E-state index < -0.39 is 7.12 Å². The Kier molecular flexibility index (Phi) is 12.1. The highest BCUT2D eigenvalue weighted by molar-refractivity contribution is 9.10. The molecule has 49 heavy (non-hydrogen) atoms. The summed E-state index contributed by atoms with van der Waals surface area (Å²) in [7, 11) is -1.34. The minimum atomic E-state index is -1.34. The zero-order valence-corrected chi connectivity index (χ0v) is 28.5. The van der Waals surface area contributed by atoms with Gasteiger partial charge >= 0.3 is 7.12 Å². The van der Waals surface area contributed by atoms with E-state index in [9.17, 15) is 0 Å². The van der Waals surface area contributed by atoms with Crippen molar-refractivity contribution in [1.29, 1.82) is 0 Å². The number of hydrogen-bond acceptors (Lipinski definition) is 4. The van der Waals surface area contributed by atoms with Gasteiger partial charge in [-0.25, -0.2) is 9.97 Å². The van der Waals surface area contributed by atoms with Crippen LogP contribution in [0.25, 0.3) is 44.8 Å². The molecule has 0 aliphatic rings. The SMILES string of the molecule is C.Clc1ccc2c(c1)nc(-c1ccccc1)n2-c1ccccc1.Clc1ccc2c(c1)nc(Br)n2-c1ccccc1.OB(O)c1ccccc1. The van der Waals surface area contributed by atoms with Crippen molar-refractivity contribution in [3.05, 3.63) is 173 Å². The summed E-state index contributed by atoms with van der Waals surface area (Å²) in [5.74, 6) is 0.920. The van der Waals surface area contributed by atoms with Crippen molar-refractivity contribution in [2.24, 2.45) is 0 Å². The van der Waals surface area contributed by atoms with Crippen LogP contribution in [0.1, 0.15) is 7.43 Å². The van der Waals surface area contributed by atoms with E-state index in [1.165, 1.54) is 0 Å². The zero-order chi connectivity index (χ0) is 33.5. The molecule has 0 bridgehead atoms. The molecule has 0 atom stereocenters. The summed E-state index contributed by atoms with van der Waals surface area (Å²) in [6, 6.07) is 50.7. The average molecular weight is 750 g/mol. The van der Waals surface area contributed by atoms with Crippen molar-refractivity contribution in [3.63, 3.8) is 0 Å². The number of para-hydroxylation sites is 2. The van der Waals surface area contributed by atoms with Gasteiger partial charge in [0.15, 0.2) is 4.73 Å².